The highest BCUT2D eigenvalue weighted by Crippen LogP contribution is 2.42. The highest BCUT2D eigenvalue weighted by atomic mass is 79.9. The molecule has 142 valence electrons. The smallest absolute Gasteiger partial charge is 0.270 e. The molecular weight excluding hydrogens is 448 g/mol. The maximum Gasteiger partial charge on any atom is 0.270 e. The summed E-state index contributed by atoms with van der Waals surface area (Å²) in [7, 11) is -3.93. The number of fused-ring (bicyclic) bond motifs is 2. The molecule has 1 aliphatic rings. The van der Waals surface area contributed by atoms with Gasteiger partial charge in [0.2, 0.25) is 0 Å². The van der Waals surface area contributed by atoms with Gasteiger partial charge >= 0.3 is 0 Å². The number of nitrogens with zero attached hydrogens (tertiary/aromatic N) is 2. The standard InChI is InChI=1S/C19H13BrN2O5S/c20-14-5-8-16(9-6-14)28(25,26)21-12-13-11-15(22(23)24)7-10-18(13)27-19-4-2-1-3-17(19)21/h1-11H,12H2. The zero-order valence-corrected chi connectivity index (χ0v) is 16.7. The minimum Gasteiger partial charge on any atom is -0.455 e. The van der Waals surface area contributed by atoms with E-state index < -0.39 is 14.9 Å². The molecule has 28 heavy (non-hydrogen) atoms. The van der Waals surface area contributed by atoms with Crippen LogP contribution >= 0.6 is 15.9 Å². The summed E-state index contributed by atoms with van der Waals surface area (Å²) in [5, 5.41) is 11.2. The number of hydrogen-bond acceptors (Lipinski definition) is 5. The van der Waals surface area contributed by atoms with Crippen LogP contribution in [0.3, 0.4) is 0 Å². The van der Waals surface area contributed by atoms with Gasteiger partial charge in [-0.05, 0) is 42.5 Å². The van der Waals surface area contributed by atoms with Crippen LogP contribution < -0.4 is 9.04 Å². The summed E-state index contributed by atoms with van der Waals surface area (Å²) in [6.45, 7) is -0.0908. The second-order valence-electron chi connectivity index (χ2n) is 6.08. The van der Waals surface area contributed by atoms with E-state index in [4.69, 9.17) is 4.74 Å². The van der Waals surface area contributed by atoms with Crippen molar-refractivity contribution in [3.05, 3.63) is 86.9 Å². The third-order valence-corrected chi connectivity index (χ3v) is 6.63. The lowest BCUT2D eigenvalue weighted by atomic mass is 10.2. The fraction of sp³-hybridized carbons (Fsp3) is 0.0526. The Morgan fingerprint density at radius 1 is 1.00 bits per heavy atom. The summed E-state index contributed by atoms with van der Waals surface area (Å²) < 4.78 is 34.6. The first-order valence-corrected chi connectivity index (χ1v) is 10.4. The molecule has 0 radical (unpaired) electrons. The van der Waals surface area contributed by atoms with Crippen LogP contribution in [-0.2, 0) is 16.6 Å². The summed E-state index contributed by atoms with van der Waals surface area (Å²) in [5.41, 5.74) is 0.643. The number of rotatable bonds is 3. The second kappa shape index (κ2) is 6.92. The van der Waals surface area contributed by atoms with Gasteiger partial charge in [-0.25, -0.2) is 8.42 Å². The van der Waals surface area contributed by atoms with Crippen LogP contribution in [0.4, 0.5) is 11.4 Å². The summed E-state index contributed by atoms with van der Waals surface area (Å²) in [6.07, 6.45) is 0. The Morgan fingerprint density at radius 2 is 1.71 bits per heavy atom. The van der Waals surface area contributed by atoms with Crippen molar-refractivity contribution in [3.63, 3.8) is 0 Å². The molecule has 0 amide bonds. The Balaban J connectivity index is 1.89. The monoisotopic (exact) mass is 460 g/mol. The van der Waals surface area contributed by atoms with Crippen molar-refractivity contribution in [2.24, 2.45) is 0 Å². The van der Waals surface area contributed by atoms with Gasteiger partial charge in [0.1, 0.15) is 5.75 Å². The first-order chi connectivity index (χ1) is 13.4. The van der Waals surface area contributed by atoms with Gasteiger partial charge in [0, 0.05) is 22.2 Å². The number of para-hydroxylation sites is 2. The predicted molar refractivity (Wildman–Crippen MR) is 107 cm³/mol. The lowest BCUT2D eigenvalue weighted by Gasteiger charge is -2.23. The van der Waals surface area contributed by atoms with E-state index >= 15 is 0 Å². The predicted octanol–water partition coefficient (Wildman–Crippen LogP) is 4.86. The number of anilines is 1. The largest absolute Gasteiger partial charge is 0.455 e. The fourth-order valence-corrected chi connectivity index (χ4v) is 4.68. The van der Waals surface area contributed by atoms with E-state index in [1.54, 1.807) is 36.4 Å². The molecule has 0 N–H and O–H groups in total. The molecule has 0 fully saturated rings. The van der Waals surface area contributed by atoms with E-state index in [2.05, 4.69) is 15.9 Å². The first kappa shape index (κ1) is 18.5. The first-order valence-electron chi connectivity index (χ1n) is 8.19. The average Bonchev–Trinajstić information content (AvgIpc) is 2.84. The van der Waals surface area contributed by atoms with E-state index in [1.165, 1.54) is 34.6 Å². The van der Waals surface area contributed by atoms with Crippen molar-refractivity contribution in [3.8, 4) is 11.5 Å². The van der Waals surface area contributed by atoms with Crippen molar-refractivity contribution in [2.45, 2.75) is 11.4 Å². The number of benzene rings is 3. The average molecular weight is 461 g/mol. The van der Waals surface area contributed by atoms with Crippen molar-refractivity contribution in [1.82, 2.24) is 0 Å². The molecule has 0 aromatic heterocycles. The molecule has 0 unspecified atom stereocenters. The Labute approximate surface area is 169 Å². The lowest BCUT2D eigenvalue weighted by Crippen LogP contribution is -2.30. The Hall–Kier alpha value is -2.91. The third kappa shape index (κ3) is 3.23. The Morgan fingerprint density at radius 3 is 2.43 bits per heavy atom. The van der Waals surface area contributed by atoms with Gasteiger partial charge < -0.3 is 4.74 Å². The zero-order chi connectivity index (χ0) is 19.9. The molecule has 1 aliphatic heterocycles. The molecule has 0 saturated carbocycles. The van der Waals surface area contributed by atoms with Crippen LogP contribution in [0.1, 0.15) is 5.56 Å². The summed E-state index contributed by atoms with van der Waals surface area (Å²) in [4.78, 5) is 10.7. The molecule has 0 spiro atoms. The maximum absolute atomic E-state index is 13.4. The van der Waals surface area contributed by atoms with E-state index in [-0.39, 0.29) is 17.1 Å². The maximum atomic E-state index is 13.4. The van der Waals surface area contributed by atoms with Crippen LogP contribution in [-0.4, -0.2) is 13.3 Å². The SMILES string of the molecule is O=[N+]([O-])c1ccc2c(c1)CN(S(=O)(=O)c1ccc(Br)cc1)c1ccccc1O2. The van der Waals surface area contributed by atoms with E-state index in [9.17, 15) is 18.5 Å². The topological polar surface area (TPSA) is 89.8 Å². The Bertz CT molecular complexity index is 1180. The number of ether oxygens (including phenoxy) is 1. The summed E-state index contributed by atoms with van der Waals surface area (Å²) in [6, 6.07) is 17.2. The number of hydrogen-bond donors (Lipinski definition) is 0. The molecule has 0 atom stereocenters. The number of sulfonamides is 1. The van der Waals surface area contributed by atoms with Crippen LogP contribution in [0.25, 0.3) is 0 Å². The van der Waals surface area contributed by atoms with E-state index in [0.29, 0.717) is 22.7 Å². The number of non-ortho nitro benzene ring substituents is 1. The molecule has 1 heterocycles. The molecule has 3 aromatic carbocycles. The minimum absolute atomic E-state index is 0.0908. The molecule has 7 nitrogen and oxygen atoms in total. The number of nitro groups is 1. The fourth-order valence-electron chi connectivity index (χ4n) is 2.96. The summed E-state index contributed by atoms with van der Waals surface area (Å²) in [5.74, 6) is 0.738. The third-order valence-electron chi connectivity index (χ3n) is 4.32. The highest BCUT2D eigenvalue weighted by Gasteiger charge is 2.31. The lowest BCUT2D eigenvalue weighted by molar-refractivity contribution is -0.384. The number of nitro benzene ring substituents is 1. The van der Waals surface area contributed by atoms with Gasteiger partial charge in [0.15, 0.2) is 5.75 Å². The molecule has 9 heteroatoms. The van der Waals surface area contributed by atoms with Gasteiger partial charge in [-0.2, -0.15) is 0 Å². The van der Waals surface area contributed by atoms with E-state index in [1.807, 2.05) is 0 Å². The zero-order valence-electron chi connectivity index (χ0n) is 14.3. The summed E-state index contributed by atoms with van der Waals surface area (Å²) >= 11 is 3.30. The normalized spacial score (nSPS) is 13.1. The van der Waals surface area contributed by atoms with Gasteiger partial charge in [-0.3, -0.25) is 14.4 Å². The highest BCUT2D eigenvalue weighted by molar-refractivity contribution is 9.10. The molecular formula is C19H13BrN2O5S. The Kier molecular flexibility index (Phi) is 4.56. The van der Waals surface area contributed by atoms with Crippen molar-refractivity contribution < 1.29 is 18.1 Å². The molecule has 0 saturated heterocycles. The van der Waals surface area contributed by atoms with Crippen molar-refractivity contribution >= 4 is 37.3 Å². The molecule has 0 bridgehead atoms. The molecule has 0 aliphatic carbocycles. The minimum atomic E-state index is -3.93. The van der Waals surface area contributed by atoms with Crippen LogP contribution in [0.15, 0.2) is 76.1 Å². The second-order valence-corrected chi connectivity index (χ2v) is 8.86. The van der Waals surface area contributed by atoms with Gasteiger partial charge in [0.25, 0.3) is 15.7 Å². The van der Waals surface area contributed by atoms with Gasteiger partial charge in [0.05, 0.1) is 22.1 Å². The van der Waals surface area contributed by atoms with Crippen molar-refractivity contribution in [2.75, 3.05) is 4.31 Å². The van der Waals surface area contributed by atoms with Gasteiger partial charge in [-0.1, -0.05) is 28.1 Å². The van der Waals surface area contributed by atoms with Crippen LogP contribution in [0.5, 0.6) is 11.5 Å². The molecule has 4 rings (SSSR count). The van der Waals surface area contributed by atoms with Gasteiger partial charge in [-0.15, -0.1) is 0 Å². The quantitative estimate of drug-likeness (QED) is 0.411. The van der Waals surface area contributed by atoms with Crippen LogP contribution in [0.2, 0.25) is 0 Å². The number of halogens is 1. The molecule has 3 aromatic rings. The van der Waals surface area contributed by atoms with E-state index in [0.717, 1.165) is 4.47 Å². The van der Waals surface area contributed by atoms with Crippen LogP contribution in [0, 0.1) is 10.1 Å². The van der Waals surface area contributed by atoms with Crippen molar-refractivity contribution in [1.29, 1.82) is 0 Å².